The van der Waals surface area contributed by atoms with Crippen LogP contribution in [0, 0.1) is 0 Å². The van der Waals surface area contributed by atoms with Crippen LogP contribution in [0.2, 0.25) is 0 Å². The topological polar surface area (TPSA) is 75.3 Å². The van der Waals surface area contributed by atoms with E-state index in [1.54, 1.807) is 4.52 Å². The van der Waals surface area contributed by atoms with Crippen LogP contribution in [-0.4, -0.2) is 38.1 Å². The molecule has 2 aromatic heterocycles. The lowest BCUT2D eigenvalue weighted by Crippen LogP contribution is -2.08. The third-order valence-electron chi connectivity index (χ3n) is 2.71. The van der Waals surface area contributed by atoms with Crippen LogP contribution < -0.4 is 5.32 Å². The lowest BCUT2D eigenvalue weighted by atomic mass is 10.2. The normalized spacial score (nSPS) is 10.8. The van der Waals surface area contributed by atoms with Crippen molar-refractivity contribution in [2.24, 2.45) is 0 Å². The SMILES string of the molecule is OCCNc1ccc2nnc(-c3ccccc3)n2n1. The highest BCUT2D eigenvalue weighted by atomic mass is 16.3. The molecular weight excluding hydrogens is 242 g/mol. The fourth-order valence-corrected chi connectivity index (χ4v) is 1.83. The van der Waals surface area contributed by atoms with Crippen LogP contribution in [-0.2, 0) is 0 Å². The molecular formula is C13H13N5O. The minimum absolute atomic E-state index is 0.0629. The van der Waals surface area contributed by atoms with Crippen molar-refractivity contribution < 1.29 is 5.11 Å². The number of nitrogens with one attached hydrogen (secondary N) is 1. The van der Waals surface area contributed by atoms with Crippen LogP contribution >= 0.6 is 0 Å². The second-order valence-electron chi connectivity index (χ2n) is 4.03. The number of benzene rings is 1. The van der Waals surface area contributed by atoms with Gasteiger partial charge in [0, 0.05) is 12.1 Å². The first kappa shape index (κ1) is 11.6. The molecule has 0 aliphatic carbocycles. The van der Waals surface area contributed by atoms with Gasteiger partial charge in [0.1, 0.15) is 5.82 Å². The van der Waals surface area contributed by atoms with E-state index < -0.39 is 0 Å². The Hall–Kier alpha value is -2.47. The Balaban J connectivity index is 2.05. The predicted molar refractivity (Wildman–Crippen MR) is 71.8 cm³/mol. The van der Waals surface area contributed by atoms with Crippen molar-refractivity contribution in [1.82, 2.24) is 19.8 Å². The summed E-state index contributed by atoms with van der Waals surface area (Å²) in [6.45, 7) is 0.523. The largest absolute Gasteiger partial charge is 0.395 e. The third kappa shape index (κ3) is 2.25. The quantitative estimate of drug-likeness (QED) is 0.732. The molecule has 2 N–H and O–H groups in total. The summed E-state index contributed by atoms with van der Waals surface area (Å²) in [5, 5.41) is 24.5. The van der Waals surface area contributed by atoms with Crippen LogP contribution in [0.15, 0.2) is 42.5 Å². The van der Waals surface area contributed by atoms with Crippen molar-refractivity contribution in [3.05, 3.63) is 42.5 Å². The van der Waals surface area contributed by atoms with Gasteiger partial charge in [0.15, 0.2) is 11.5 Å². The molecule has 0 aliphatic rings. The van der Waals surface area contributed by atoms with E-state index in [9.17, 15) is 0 Å². The maximum Gasteiger partial charge on any atom is 0.185 e. The standard InChI is InChI=1S/C13H13N5O/c19-9-8-14-11-6-7-12-15-16-13(18(12)17-11)10-4-2-1-3-5-10/h1-7,19H,8-9H2,(H,14,17). The Morgan fingerprint density at radius 1 is 1.05 bits per heavy atom. The van der Waals surface area contributed by atoms with Gasteiger partial charge in [0.05, 0.1) is 6.61 Å². The maximum absolute atomic E-state index is 8.81. The first-order chi connectivity index (χ1) is 9.38. The molecule has 0 saturated heterocycles. The number of aliphatic hydroxyl groups excluding tert-OH is 1. The van der Waals surface area contributed by atoms with Crippen molar-refractivity contribution in [3.8, 4) is 11.4 Å². The summed E-state index contributed by atoms with van der Waals surface area (Å²) >= 11 is 0. The second kappa shape index (κ2) is 5.03. The van der Waals surface area contributed by atoms with Crippen LogP contribution in [0.4, 0.5) is 5.82 Å². The number of nitrogens with zero attached hydrogens (tertiary/aromatic N) is 4. The van der Waals surface area contributed by atoms with Crippen molar-refractivity contribution in [2.45, 2.75) is 0 Å². The zero-order valence-electron chi connectivity index (χ0n) is 10.2. The van der Waals surface area contributed by atoms with Gasteiger partial charge in [-0.3, -0.25) is 0 Å². The van der Waals surface area contributed by atoms with Crippen molar-refractivity contribution in [1.29, 1.82) is 0 Å². The summed E-state index contributed by atoms with van der Waals surface area (Å²) in [5.41, 5.74) is 1.65. The van der Waals surface area contributed by atoms with E-state index >= 15 is 0 Å². The smallest absolute Gasteiger partial charge is 0.185 e. The van der Waals surface area contributed by atoms with E-state index in [1.807, 2.05) is 42.5 Å². The van der Waals surface area contributed by atoms with E-state index in [2.05, 4.69) is 20.6 Å². The Morgan fingerprint density at radius 3 is 2.68 bits per heavy atom. The molecule has 0 fully saturated rings. The zero-order chi connectivity index (χ0) is 13.1. The van der Waals surface area contributed by atoms with E-state index in [0.717, 1.165) is 5.56 Å². The van der Waals surface area contributed by atoms with Gasteiger partial charge in [0.25, 0.3) is 0 Å². The highest BCUT2D eigenvalue weighted by Gasteiger charge is 2.09. The lowest BCUT2D eigenvalue weighted by molar-refractivity contribution is 0.311. The molecule has 3 rings (SSSR count). The fourth-order valence-electron chi connectivity index (χ4n) is 1.83. The summed E-state index contributed by atoms with van der Waals surface area (Å²) in [6, 6.07) is 13.4. The lowest BCUT2D eigenvalue weighted by Gasteiger charge is -2.04. The fraction of sp³-hybridized carbons (Fsp3) is 0.154. The third-order valence-corrected chi connectivity index (χ3v) is 2.71. The van der Waals surface area contributed by atoms with Gasteiger partial charge in [-0.05, 0) is 12.1 Å². The molecule has 0 amide bonds. The molecule has 0 bridgehead atoms. The first-order valence-electron chi connectivity index (χ1n) is 6.01. The molecule has 2 heterocycles. The van der Waals surface area contributed by atoms with E-state index in [0.29, 0.717) is 23.8 Å². The minimum Gasteiger partial charge on any atom is -0.395 e. The summed E-state index contributed by atoms with van der Waals surface area (Å²) in [7, 11) is 0. The number of rotatable bonds is 4. The first-order valence-corrected chi connectivity index (χ1v) is 6.01. The summed E-state index contributed by atoms with van der Waals surface area (Å²) in [6.07, 6.45) is 0. The van der Waals surface area contributed by atoms with Gasteiger partial charge in [-0.15, -0.1) is 15.3 Å². The van der Waals surface area contributed by atoms with Gasteiger partial charge in [-0.1, -0.05) is 30.3 Å². The van der Waals surface area contributed by atoms with Gasteiger partial charge in [0.2, 0.25) is 0 Å². The van der Waals surface area contributed by atoms with Crippen LogP contribution in [0.1, 0.15) is 0 Å². The molecule has 0 unspecified atom stereocenters. The number of aromatic nitrogens is 4. The number of hydrogen-bond donors (Lipinski definition) is 2. The number of fused-ring (bicyclic) bond motifs is 1. The van der Waals surface area contributed by atoms with E-state index in [1.165, 1.54) is 0 Å². The summed E-state index contributed by atoms with van der Waals surface area (Å²) in [5.74, 6) is 1.38. The Labute approximate surface area is 109 Å². The molecule has 19 heavy (non-hydrogen) atoms. The molecule has 3 aromatic rings. The second-order valence-corrected chi connectivity index (χ2v) is 4.03. The average molecular weight is 255 g/mol. The molecule has 6 nitrogen and oxygen atoms in total. The van der Waals surface area contributed by atoms with Gasteiger partial charge < -0.3 is 10.4 Å². The zero-order valence-corrected chi connectivity index (χ0v) is 10.2. The molecule has 0 atom stereocenters. The average Bonchev–Trinajstić information content (AvgIpc) is 2.89. The number of aliphatic hydroxyl groups is 1. The van der Waals surface area contributed by atoms with E-state index in [4.69, 9.17) is 5.11 Å². The van der Waals surface area contributed by atoms with Gasteiger partial charge >= 0.3 is 0 Å². The summed E-state index contributed by atoms with van der Waals surface area (Å²) in [4.78, 5) is 0. The Bertz CT molecular complexity index is 680. The molecule has 0 saturated carbocycles. The predicted octanol–water partition coefficient (Wildman–Crippen LogP) is 1.20. The molecule has 96 valence electrons. The Morgan fingerprint density at radius 2 is 1.89 bits per heavy atom. The Kier molecular flexibility index (Phi) is 3.07. The maximum atomic E-state index is 8.81. The van der Waals surface area contributed by atoms with Crippen molar-refractivity contribution in [3.63, 3.8) is 0 Å². The van der Waals surface area contributed by atoms with Crippen LogP contribution in [0.5, 0.6) is 0 Å². The summed E-state index contributed by atoms with van der Waals surface area (Å²) < 4.78 is 1.69. The highest BCUT2D eigenvalue weighted by Crippen LogP contribution is 2.17. The van der Waals surface area contributed by atoms with Gasteiger partial charge in [-0.25, -0.2) is 0 Å². The highest BCUT2D eigenvalue weighted by molar-refractivity contribution is 5.59. The monoisotopic (exact) mass is 255 g/mol. The van der Waals surface area contributed by atoms with Crippen LogP contribution in [0.3, 0.4) is 0 Å². The molecule has 0 radical (unpaired) electrons. The number of hydrogen-bond acceptors (Lipinski definition) is 5. The van der Waals surface area contributed by atoms with Crippen molar-refractivity contribution >= 4 is 11.5 Å². The van der Waals surface area contributed by atoms with Crippen molar-refractivity contribution in [2.75, 3.05) is 18.5 Å². The molecule has 0 aliphatic heterocycles. The van der Waals surface area contributed by atoms with Crippen LogP contribution in [0.25, 0.3) is 17.0 Å². The van der Waals surface area contributed by atoms with Gasteiger partial charge in [-0.2, -0.15) is 4.52 Å². The van der Waals surface area contributed by atoms with E-state index in [-0.39, 0.29) is 6.61 Å². The minimum atomic E-state index is 0.0629. The number of anilines is 1. The molecule has 1 aromatic carbocycles. The molecule has 0 spiro atoms. The molecule has 6 heteroatoms.